The van der Waals surface area contributed by atoms with Crippen LogP contribution in [0.4, 0.5) is 5.69 Å². The lowest BCUT2D eigenvalue weighted by Crippen LogP contribution is -2.34. The number of benzene rings is 2. The van der Waals surface area contributed by atoms with E-state index in [1.54, 1.807) is 0 Å². The van der Waals surface area contributed by atoms with E-state index in [2.05, 4.69) is 58.5 Å². The molecule has 2 aromatic rings. The van der Waals surface area contributed by atoms with E-state index in [9.17, 15) is 0 Å². The molecule has 1 saturated carbocycles. The molecule has 0 unspecified atom stereocenters. The molecule has 0 spiro atoms. The summed E-state index contributed by atoms with van der Waals surface area (Å²) in [7, 11) is 0. The molecule has 1 aliphatic carbocycles. The summed E-state index contributed by atoms with van der Waals surface area (Å²) in [5.74, 6) is 0.634. The Morgan fingerprint density at radius 2 is 1.95 bits per heavy atom. The standard InChI is InChI=1S/C17H17BrClN/c1-11-5-6-16(18)17(7-11)20-15-9-13(10-15)12-3-2-4-14(19)8-12/h2-8,13,15,20H,9-10H2,1H3. The fourth-order valence-electron chi connectivity index (χ4n) is 2.74. The van der Waals surface area contributed by atoms with Gasteiger partial charge in [0.1, 0.15) is 0 Å². The van der Waals surface area contributed by atoms with Crippen LogP contribution in [0.15, 0.2) is 46.9 Å². The van der Waals surface area contributed by atoms with Crippen molar-refractivity contribution >= 4 is 33.2 Å². The third-order valence-electron chi connectivity index (χ3n) is 3.94. The second kappa shape index (κ2) is 5.79. The zero-order valence-electron chi connectivity index (χ0n) is 11.4. The first kappa shape index (κ1) is 14.0. The lowest BCUT2D eigenvalue weighted by Gasteiger charge is -2.37. The van der Waals surface area contributed by atoms with E-state index < -0.39 is 0 Å². The highest BCUT2D eigenvalue weighted by Crippen LogP contribution is 2.40. The fraction of sp³-hybridized carbons (Fsp3) is 0.294. The van der Waals surface area contributed by atoms with Gasteiger partial charge in [-0.05, 0) is 77.0 Å². The van der Waals surface area contributed by atoms with Gasteiger partial charge in [-0.2, -0.15) is 0 Å². The molecule has 1 N–H and O–H groups in total. The average molecular weight is 351 g/mol. The molecule has 1 nitrogen and oxygen atoms in total. The Morgan fingerprint density at radius 3 is 2.70 bits per heavy atom. The molecule has 2 aromatic carbocycles. The predicted octanol–water partition coefficient (Wildman–Crippen LogP) is 5.77. The molecule has 3 rings (SSSR count). The summed E-state index contributed by atoms with van der Waals surface area (Å²) >= 11 is 9.65. The molecule has 1 aliphatic rings. The van der Waals surface area contributed by atoms with Gasteiger partial charge in [0.05, 0.1) is 0 Å². The van der Waals surface area contributed by atoms with Crippen molar-refractivity contribution in [2.75, 3.05) is 5.32 Å². The third-order valence-corrected chi connectivity index (χ3v) is 4.87. The van der Waals surface area contributed by atoms with Gasteiger partial charge in [-0.15, -0.1) is 0 Å². The molecule has 0 bridgehead atoms. The molecular formula is C17H17BrClN. The van der Waals surface area contributed by atoms with Gasteiger partial charge >= 0.3 is 0 Å². The SMILES string of the molecule is Cc1ccc(Br)c(NC2CC(c3cccc(Cl)c3)C2)c1. The van der Waals surface area contributed by atoms with Gasteiger partial charge in [-0.25, -0.2) is 0 Å². The van der Waals surface area contributed by atoms with Gasteiger partial charge in [0, 0.05) is 21.2 Å². The second-order valence-electron chi connectivity index (χ2n) is 5.55. The van der Waals surface area contributed by atoms with Crippen LogP contribution in [-0.2, 0) is 0 Å². The van der Waals surface area contributed by atoms with Crippen LogP contribution in [0.3, 0.4) is 0 Å². The number of nitrogens with one attached hydrogen (secondary N) is 1. The topological polar surface area (TPSA) is 12.0 Å². The number of rotatable bonds is 3. The van der Waals surface area contributed by atoms with E-state index >= 15 is 0 Å². The zero-order valence-corrected chi connectivity index (χ0v) is 13.7. The van der Waals surface area contributed by atoms with Crippen molar-refractivity contribution in [2.45, 2.75) is 31.7 Å². The summed E-state index contributed by atoms with van der Waals surface area (Å²) in [4.78, 5) is 0. The summed E-state index contributed by atoms with van der Waals surface area (Å²) in [6.07, 6.45) is 2.33. The maximum Gasteiger partial charge on any atom is 0.0489 e. The van der Waals surface area contributed by atoms with E-state index in [4.69, 9.17) is 11.6 Å². The normalized spacial score (nSPS) is 21.4. The van der Waals surface area contributed by atoms with Crippen LogP contribution in [0.25, 0.3) is 0 Å². The van der Waals surface area contributed by atoms with Gasteiger partial charge in [0.25, 0.3) is 0 Å². The Labute approximate surface area is 133 Å². The number of anilines is 1. The zero-order chi connectivity index (χ0) is 14.1. The van der Waals surface area contributed by atoms with E-state index in [-0.39, 0.29) is 0 Å². The summed E-state index contributed by atoms with van der Waals surface area (Å²) in [6.45, 7) is 2.12. The molecule has 0 heterocycles. The first-order valence-electron chi connectivity index (χ1n) is 6.90. The Kier molecular flexibility index (Phi) is 4.04. The summed E-state index contributed by atoms with van der Waals surface area (Å²) in [6, 6.07) is 15.2. The molecule has 0 amide bonds. The molecule has 20 heavy (non-hydrogen) atoms. The summed E-state index contributed by atoms with van der Waals surface area (Å²) in [5, 5.41) is 4.46. The monoisotopic (exact) mass is 349 g/mol. The van der Waals surface area contributed by atoms with Crippen LogP contribution in [0.5, 0.6) is 0 Å². The molecule has 0 radical (unpaired) electrons. The molecule has 1 fully saturated rings. The molecule has 0 atom stereocenters. The van der Waals surface area contributed by atoms with E-state index in [1.807, 2.05) is 12.1 Å². The fourth-order valence-corrected chi connectivity index (χ4v) is 3.30. The number of hydrogen-bond acceptors (Lipinski definition) is 1. The molecule has 104 valence electrons. The van der Waals surface area contributed by atoms with Crippen LogP contribution >= 0.6 is 27.5 Å². The summed E-state index contributed by atoms with van der Waals surface area (Å²) in [5.41, 5.74) is 3.83. The van der Waals surface area contributed by atoms with Crippen LogP contribution in [0.2, 0.25) is 5.02 Å². The first-order valence-corrected chi connectivity index (χ1v) is 8.07. The van der Waals surface area contributed by atoms with Gasteiger partial charge in [-0.1, -0.05) is 29.8 Å². The maximum absolute atomic E-state index is 6.05. The van der Waals surface area contributed by atoms with Crippen molar-refractivity contribution in [1.29, 1.82) is 0 Å². The van der Waals surface area contributed by atoms with Crippen molar-refractivity contribution in [3.63, 3.8) is 0 Å². The molecular weight excluding hydrogens is 334 g/mol. The highest BCUT2D eigenvalue weighted by atomic mass is 79.9. The van der Waals surface area contributed by atoms with Gasteiger partial charge < -0.3 is 5.32 Å². The number of halogens is 2. The largest absolute Gasteiger partial charge is 0.381 e. The predicted molar refractivity (Wildman–Crippen MR) is 89.7 cm³/mol. The lowest BCUT2D eigenvalue weighted by atomic mass is 9.76. The Morgan fingerprint density at radius 1 is 1.15 bits per heavy atom. The molecule has 0 aromatic heterocycles. The van der Waals surface area contributed by atoms with Crippen LogP contribution in [0.1, 0.15) is 29.9 Å². The Bertz CT molecular complexity index is 620. The minimum Gasteiger partial charge on any atom is -0.381 e. The van der Waals surface area contributed by atoms with Gasteiger partial charge in [0.2, 0.25) is 0 Å². The quantitative estimate of drug-likeness (QED) is 0.741. The maximum atomic E-state index is 6.05. The van der Waals surface area contributed by atoms with E-state index in [0.29, 0.717) is 12.0 Å². The van der Waals surface area contributed by atoms with E-state index in [1.165, 1.54) is 29.7 Å². The second-order valence-corrected chi connectivity index (χ2v) is 6.84. The first-order chi connectivity index (χ1) is 9.61. The van der Waals surface area contributed by atoms with Crippen molar-refractivity contribution in [2.24, 2.45) is 0 Å². The smallest absolute Gasteiger partial charge is 0.0489 e. The molecule has 3 heteroatoms. The average Bonchev–Trinajstić information content (AvgIpc) is 2.37. The van der Waals surface area contributed by atoms with Crippen molar-refractivity contribution in [3.05, 3.63) is 63.1 Å². The Balaban J connectivity index is 1.62. The van der Waals surface area contributed by atoms with Crippen molar-refractivity contribution in [1.82, 2.24) is 0 Å². The molecule has 0 aliphatic heterocycles. The van der Waals surface area contributed by atoms with Gasteiger partial charge in [-0.3, -0.25) is 0 Å². The highest BCUT2D eigenvalue weighted by molar-refractivity contribution is 9.10. The van der Waals surface area contributed by atoms with E-state index in [0.717, 1.165) is 9.50 Å². The van der Waals surface area contributed by atoms with Gasteiger partial charge in [0.15, 0.2) is 0 Å². The number of aryl methyl sites for hydroxylation is 1. The highest BCUT2D eigenvalue weighted by Gasteiger charge is 2.30. The van der Waals surface area contributed by atoms with Crippen LogP contribution in [-0.4, -0.2) is 6.04 Å². The summed E-state index contributed by atoms with van der Waals surface area (Å²) < 4.78 is 1.13. The third kappa shape index (κ3) is 3.02. The van der Waals surface area contributed by atoms with Crippen molar-refractivity contribution in [3.8, 4) is 0 Å². The van der Waals surface area contributed by atoms with Crippen LogP contribution < -0.4 is 5.32 Å². The number of hydrogen-bond donors (Lipinski definition) is 1. The molecule has 0 saturated heterocycles. The minimum absolute atomic E-state index is 0.553. The lowest BCUT2D eigenvalue weighted by molar-refractivity contribution is 0.374. The van der Waals surface area contributed by atoms with Crippen molar-refractivity contribution < 1.29 is 0 Å². The van der Waals surface area contributed by atoms with Crippen LogP contribution in [0, 0.1) is 6.92 Å². The minimum atomic E-state index is 0.553. The Hall–Kier alpha value is -0.990.